The average molecular weight is 461 g/mol. The van der Waals surface area contributed by atoms with Crippen molar-refractivity contribution in [1.29, 1.82) is 0 Å². The summed E-state index contributed by atoms with van der Waals surface area (Å²) < 4.78 is 33.6. The van der Waals surface area contributed by atoms with E-state index in [1.54, 1.807) is 36.8 Å². The highest BCUT2D eigenvalue weighted by atomic mass is 32.1. The van der Waals surface area contributed by atoms with Crippen LogP contribution in [0.1, 0.15) is 4.88 Å². The number of benzene rings is 2. The van der Waals surface area contributed by atoms with Gasteiger partial charge in [-0.25, -0.2) is 18.7 Å². The number of halogens is 2. The molecule has 2 aromatic carbocycles. The molecule has 0 saturated carbocycles. The van der Waals surface area contributed by atoms with Gasteiger partial charge in [-0.05, 0) is 59.0 Å². The summed E-state index contributed by atoms with van der Waals surface area (Å²) in [7, 11) is 1.77. The number of hydrogen-bond acceptors (Lipinski definition) is 6. The van der Waals surface area contributed by atoms with Crippen LogP contribution in [0.4, 0.5) is 14.6 Å². The van der Waals surface area contributed by atoms with Crippen LogP contribution in [0.2, 0.25) is 0 Å². The number of anilines is 1. The first-order valence-electron chi connectivity index (χ1n) is 10.2. The van der Waals surface area contributed by atoms with Crippen LogP contribution < -0.4 is 10.1 Å². The van der Waals surface area contributed by atoms with Gasteiger partial charge in [-0.15, -0.1) is 11.3 Å². The molecule has 1 N–H and O–H groups in total. The van der Waals surface area contributed by atoms with Crippen LogP contribution in [0, 0.1) is 11.6 Å². The Morgan fingerprint density at radius 3 is 2.58 bits per heavy atom. The highest BCUT2D eigenvalue weighted by Crippen LogP contribution is 2.36. The van der Waals surface area contributed by atoms with Crippen molar-refractivity contribution in [3.8, 4) is 28.3 Å². The predicted molar refractivity (Wildman–Crippen MR) is 126 cm³/mol. The van der Waals surface area contributed by atoms with E-state index in [-0.39, 0.29) is 0 Å². The summed E-state index contributed by atoms with van der Waals surface area (Å²) in [5, 5.41) is 5.80. The predicted octanol–water partition coefficient (Wildman–Crippen LogP) is 6.32. The van der Waals surface area contributed by atoms with Crippen LogP contribution in [-0.4, -0.2) is 22.0 Å². The van der Waals surface area contributed by atoms with Gasteiger partial charge in [0, 0.05) is 35.3 Å². The molecule has 0 unspecified atom stereocenters. The first-order valence-corrected chi connectivity index (χ1v) is 11.0. The van der Waals surface area contributed by atoms with Gasteiger partial charge in [0.05, 0.1) is 0 Å². The van der Waals surface area contributed by atoms with E-state index in [9.17, 15) is 8.78 Å². The summed E-state index contributed by atoms with van der Waals surface area (Å²) in [4.78, 5) is 14.6. The van der Waals surface area contributed by atoms with Gasteiger partial charge in [-0.1, -0.05) is 12.1 Å². The van der Waals surface area contributed by atoms with Crippen molar-refractivity contribution in [2.45, 2.75) is 6.61 Å². The Balaban J connectivity index is 1.70. The molecule has 5 nitrogen and oxygen atoms in total. The Morgan fingerprint density at radius 2 is 1.85 bits per heavy atom. The van der Waals surface area contributed by atoms with Crippen LogP contribution in [0.5, 0.6) is 5.75 Å². The lowest BCUT2D eigenvalue weighted by atomic mass is 10.0. The smallest absolute Gasteiger partial charge is 0.163 e. The number of thiophene rings is 1. The van der Waals surface area contributed by atoms with Gasteiger partial charge >= 0.3 is 0 Å². The van der Waals surface area contributed by atoms with Gasteiger partial charge in [-0.2, -0.15) is 0 Å². The van der Waals surface area contributed by atoms with Gasteiger partial charge in [-0.3, -0.25) is 4.98 Å². The second-order valence-electron chi connectivity index (χ2n) is 7.25. The molecule has 8 heteroatoms. The second kappa shape index (κ2) is 8.91. The molecule has 164 valence electrons. The zero-order valence-electron chi connectivity index (χ0n) is 17.5. The lowest BCUT2D eigenvalue weighted by Gasteiger charge is -2.15. The van der Waals surface area contributed by atoms with E-state index in [1.807, 2.05) is 35.7 Å². The lowest BCUT2D eigenvalue weighted by molar-refractivity contribution is 0.313. The van der Waals surface area contributed by atoms with Gasteiger partial charge in [0.25, 0.3) is 0 Å². The molecular formula is C25H18F2N4OS. The molecule has 0 fully saturated rings. The van der Waals surface area contributed by atoms with Crippen molar-refractivity contribution in [3.05, 3.63) is 88.9 Å². The standard InChI is InChI=1S/C25H18F2N4OS/c1-28-25-19-10-17(15-6-7-20(26)21(27)11-15)12-22(32-14-18-5-3-9-33-18)23(19)30-24(31-25)16-4-2-8-29-13-16/h2-13H,14H2,1H3,(H,28,30,31). The molecule has 33 heavy (non-hydrogen) atoms. The summed E-state index contributed by atoms with van der Waals surface area (Å²) in [6.07, 6.45) is 3.38. The van der Waals surface area contributed by atoms with Gasteiger partial charge in [0.15, 0.2) is 17.5 Å². The highest BCUT2D eigenvalue weighted by Gasteiger charge is 2.16. The number of nitrogens with zero attached hydrogens (tertiary/aromatic N) is 3. The lowest BCUT2D eigenvalue weighted by Crippen LogP contribution is -2.02. The Labute approximate surface area is 192 Å². The zero-order valence-corrected chi connectivity index (χ0v) is 18.4. The maximum atomic E-state index is 14.0. The van der Waals surface area contributed by atoms with Crippen molar-refractivity contribution in [2.75, 3.05) is 12.4 Å². The Kier molecular flexibility index (Phi) is 5.66. The van der Waals surface area contributed by atoms with E-state index >= 15 is 0 Å². The third-order valence-corrected chi connectivity index (χ3v) is 5.97. The van der Waals surface area contributed by atoms with Crippen LogP contribution in [0.3, 0.4) is 0 Å². The Morgan fingerprint density at radius 1 is 0.939 bits per heavy atom. The quantitative estimate of drug-likeness (QED) is 0.321. The number of rotatable bonds is 6. The van der Waals surface area contributed by atoms with Gasteiger partial charge in [0.2, 0.25) is 0 Å². The normalized spacial score (nSPS) is 11.0. The molecule has 0 saturated heterocycles. The monoisotopic (exact) mass is 460 g/mol. The summed E-state index contributed by atoms with van der Waals surface area (Å²) in [5.74, 6) is -0.199. The molecule has 0 radical (unpaired) electrons. The molecule has 3 heterocycles. The van der Waals surface area contributed by atoms with Crippen molar-refractivity contribution >= 4 is 28.1 Å². The zero-order chi connectivity index (χ0) is 22.8. The molecule has 0 bridgehead atoms. The summed E-state index contributed by atoms with van der Waals surface area (Å²) in [6.45, 7) is 0.356. The molecule has 0 spiro atoms. The number of hydrogen-bond donors (Lipinski definition) is 1. The van der Waals surface area contributed by atoms with Crippen LogP contribution in [-0.2, 0) is 6.61 Å². The second-order valence-corrected chi connectivity index (χ2v) is 8.29. The molecule has 5 aromatic rings. The maximum Gasteiger partial charge on any atom is 0.163 e. The number of fused-ring (bicyclic) bond motifs is 1. The SMILES string of the molecule is CNc1nc(-c2cccnc2)nc2c(OCc3cccs3)cc(-c3ccc(F)c(F)c3)cc12. The molecule has 0 aliphatic heterocycles. The van der Waals surface area contributed by atoms with E-state index in [4.69, 9.17) is 9.72 Å². The molecule has 5 rings (SSSR count). The fourth-order valence-electron chi connectivity index (χ4n) is 3.51. The number of ether oxygens (including phenoxy) is 1. The first kappa shape index (κ1) is 21.0. The van der Waals surface area contributed by atoms with E-state index in [2.05, 4.69) is 15.3 Å². The average Bonchev–Trinajstić information content (AvgIpc) is 3.37. The topological polar surface area (TPSA) is 59.9 Å². The van der Waals surface area contributed by atoms with Crippen LogP contribution >= 0.6 is 11.3 Å². The number of pyridine rings is 1. The number of nitrogens with one attached hydrogen (secondary N) is 1. The largest absolute Gasteiger partial charge is 0.486 e. The van der Waals surface area contributed by atoms with Crippen LogP contribution in [0.25, 0.3) is 33.4 Å². The number of aromatic nitrogens is 3. The summed E-state index contributed by atoms with van der Waals surface area (Å²) >= 11 is 1.59. The van der Waals surface area contributed by atoms with Crippen molar-refractivity contribution in [1.82, 2.24) is 15.0 Å². The third kappa shape index (κ3) is 4.25. The fraction of sp³-hybridized carbons (Fsp3) is 0.0800. The molecular weight excluding hydrogens is 442 g/mol. The fourth-order valence-corrected chi connectivity index (χ4v) is 4.13. The van der Waals surface area contributed by atoms with Gasteiger partial charge < -0.3 is 10.1 Å². The summed E-state index contributed by atoms with van der Waals surface area (Å²) in [6, 6.07) is 15.1. The van der Waals surface area contributed by atoms with E-state index in [0.717, 1.165) is 16.5 Å². The minimum absolute atomic E-state index is 0.356. The third-order valence-electron chi connectivity index (χ3n) is 5.12. The van der Waals surface area contributed by atoms with E-state index in [1.165, 1.54) is 12.1 Å². The summed E-state index contributed by atoms with van der Waals surface area (Å²) in [5.41, 5.74) is 2.56. The minimum atomic E-state index is -0.911. The van der Waals surface area contributed by atoms with Crippen molar-refractivity contribution in [2.24, 2.45) is 0 Å². The highest BCUT2D eigenvalue weighted by molar-refractivity contribution is 7.09. The minimum Gasteiger partial charge on any atom is -0.486 e. The maximum absolute atomic E-state index is 14.0. The first-order chi connectivity index (χ1) is 16.1. The molecule has 0 aliphatic rings. The molecule has 0 aliphatic carbocycles. The van der Waals surface area contributed by atoms with E-state index in [0.29, 0.717) is 46.0 Å². The van der Waals surface area contributed by atoms with Crippen LogP contribution in [0.15, 0.2) is 72.4 Å². The van der Waals surface area contributed by atoms with Crippen molar-refractivity contribution in [3.63, 3.8) is 0 Å². The van der Waals surface area contributed by atoms with Gasteiger partial charge in [0.1, 0.15) is 23.7 Å². The Bertz CT molecular complexity index is 1430. The van der Waals surface area contributed by atoms with E-state index < -0.39 is 11.6 Å². The molecule has 0 atom stereocenters. The van der Waals surface area contributed by atoms with Crippen molar-refractivity contribution < 1.29 is 13.5 Å². The molecule has 0 amide bonds. The molecule has 3 aromatic heterocycles. The Hall–Kier alpha value is -3.91.